The number of phenols is 2. The summed E-state index contributed by atoms with van der Waals surface area (Å²) in [7, 11) is 0. The molecule has 0 saturated heterocycles. The lowest BCUT2D eigenvalue weighted by Gasteiger charge is -2.30. The SMILES string of the molecule is CCCCc1ccc(O)c(CN2c3ccccc3CC2CC(O)COC(=O)c2ccccc2)c1O. The number of aliphatic hydroxyl groups is 1. The van der Waals surface area contributed by atoms with E-state index in [1.807, 2.05) is 24.3 Å². The second-order valence-electron chi connectivity index (χ2n) is 9.14. The Morgan fingerprint density at radius 3 is 2.57 bits per heavy atom. The second kappa shape index (κ2) is 11.3. The van der Waals surface area contributed by atoms with Gasteiger partial charge in [-0.15, -0.1) is 0 Å². The van der Waals surface area contributed by atoms with Crippen LogP contribution in [-0.2, 0) is 24.1 Å². The molecule has 0 bridgehead atoms. The number of aliphatic hydroxyl groups excluding tert-OH is 1. The number of fused-ring (bicyclic) bond motifs is 1. The molecule has 6 nitrogen and oxygen atoms in total. The highest BCUT2D eigenvalue weighted by atomic mass is 16.5. The lowest BCUT2D eigenvalue weighted by Crippen LogP contribution is -2.36. The molecule has 184 valence electrons. The van der Waals surface area contributed by atoms with E-state index < -0.39 is 12.1 Å². The van der Waals surface area contributed by atoms with E-state index in [2.05, 4.69) is 17.9 Å². The van der Waals surface area contributed by atoms with Gasteiger partial charge in [-0.25, -0.2) is 4.79 Å². The lowest BCUT2D eigenvalue weighted by atomic mass is 10.0. The molecule has 0 amide bonds. The number of aromatic hydroxyl groups is 2. The van der Waals surface area contributed by atoms with Crippen LogP contribution in [0.2, 0.25) is 0 Å². The van der Waals surface area contributed by atoms with E-state index >= 15 is 0 Å². The van der Waals surface area contributed by atoms with Gasteiger partial charge in [0, 0.05) is 11.7 Å². The van der Waals surface area contributed by atoms with Crippen molar-refractivity contribution in [3.63, 3.8) is 0 Å². The van der Waals surface area contributed by atoms with Crippen LogP contribution in [0, 0.1) is 0 Å². The topological polar surface area (TPSA) is 90.2 Å². The number of unbranched alkanes of at least 4 members (excludes halogenated alkanes) is 1. The van der Waals surface area contributed by atoms with Crippen LogP contribution in [0.3, 0.4) is 0 Å². The first-order valence-corrected chi connectivity index (χ1v) is 12.2. The molecule has 2 atom stereocenters. The Bertz CT molecular complexity index is 1150. The van der Waals surface area contributed by atoms with Crippen molar-refractivity contribution >= 4 is 11.7 Å². The Kier molecular flexibility index (Phi) is 7.93. The molecular weight excluding hydrogens is 442 g/mol. The molecule has 0 radical (unpaired) electrons. The molecule has 3 N–H and O–H groups in total. The van der Waals surface area contributed by atoms with Crippen molar-refractivity contribution in [3.05, 3.63) is 89.0 Å². The monoisotopic (exact) mass is 475 g/mol. The highest BCUT2D eigenvalue weighted by molar-refractivity contribution is 5.89. The predicted molar refractivity (Wildman–Crippen MR) is 136 cm³/mol. The van der Waals surface area contributed by atoms with E-state index in [9.17, 15) is 20.1 Å². The summed E-state index contributed by atoms with van der Waals surface area (Å²) in [5, 5.41) is 32.2. The molecular formula is C29H33NO5. The summed E-state index contributed by atoms with van der Waals surface area (Å²) in [5.74, 6) is -0.267. The largest absolute Gasteiger partial charge is 0.507 e. The summed E-state index contributed by atoms with van der Waals surface area (Å²) >= 11 is 0. The number of carbonyl (C=O) groups excluding carboxylic acids is 1. The van der Waals surface area contributed by atoms with Gasteiger partial charge >= 0.3 is 5.97 Å². The standard InChI is InChI=1S/C29H33NO5/c1-2-3-9-20-14-15-27(32)25(28(20)33)18-30-23(16-22-12-7-8-13-26(22)30)17-24(31)19-35-29(34)21-10-5-4-6-11-21/h4-8,10-15,23-24,31-33H,2-3,9,16-19H2,1H3. The summed E-state index contributed by atoms with van der Waals surface area (Å²) in [5.41, 5.74) is 3.93. The highest BCUT2D eigenvalue weighted by Gasteiger charge is 2.32. The average Bonchev–Trinajstić information content (AvgIpc) is 3.21. The van der Waals surface area contributed by atoms with Crippen molar-refractivity contribution in [3.8, 4) is 11.5 Å². The molecule has 0 fully saturated rings. The number of nitrogens with zero attached hydrogens (tertiary/aromatic N) is 1. The summed E-state index contributed by atoms with van der Waals surface area (Å²) < 4.78 is 5.33. The van der Waals surface area contributed by atoms with Crippen LogP contribution >= 0.6 is 0 Å². The zero-order chi connectivity index (χ0) is 24.8. The van der Waals surface area contributed by atoms with Crippen molar-refractivity contribution in [1.29, 1.82) is 0 Å². The van der Waals surface area contributed by atoms with Crippen LogP contribution in [0.1, 0.15) is 53.2 Å². The molecule has 1 aliphatic rings. The summed E-state index contributed by atoms with van der Waals surface area (Å²) in [6.07, 6.45) is 2.99. The van der Waals surface area contributed by atoms with E-state index in [-0.39, 0.29) is 24.1 Å². The smallest absolute Gasteiger partial charge is 0.338 e. The van der Waals surface area contributed by atoms with Gasteiger partial charge in [0.15, 0.2) is 0 Å². The molecule has 1 aliphatic heterocycles. The number of esters is 1. The maximum Gasteiger partial charge on any atom is 0.338 e. The minimum Gasteiger partial charge on any atom is -0.507 e. The fourth-order valence-corrected chi connectivity index (χ4v) is 4.73. The number of anilines is 1. The molecule has 1 heterocycles. The van der Waals surface area contributed by atoms with Crippen LogP contribution < -0.4 is 4.90 Å². The Hall–Kier alpha value is -3.51. The zero-order valence-corrected chi connectivity index (χ0v) is 20.1. The van der Waals surface area contributed by atoms with Gasteiger partial charge in [0.1, 0.15) is 18.1 Å². The maximum atomic E-state index is 12.3. The molecule has 2 unspecified atom stereocenters. The van der Waals surface area contributed by atoms with Crippen LogP contribution in [0.15, 0.2) is 66.7 Å². The fourth-order valence-electron chi connectivity index (χ4n) is 4.73. The molecule has 0 aromatic heterocycles. The number of ether oxygens (including phenoxy) is 1. The number of hydrogen-bond donors (Lipinski definition) is 3. The van der Waals surface area contributed by atoms with E-state index in [0.29, 0.717) is 24.1 Å². The van der Waals surface area contributed by atoms with Gasteiger partial charge < -0.3 is 25.0 Å². The third-order valence-corrected chi connectivity index (χ3v) is 6.63. The van der Waals surface area contributed by atoms with Crippen molar-refractivity contribution in [1.82, 2.24) is 0 Å². The molecule has 4 rings (SSSR count). The molecule has 0 saturated carbocycles. The van der Waals surface area contributed by atoms with E-state index in [1.54, 1.807) is 36.4 Å². The Labute approximate surface area is 206 Å². The van der Waals surface area contributed by atoms with Crippen molar-refractivity contribution < 1.29 is 24.9 Å². The van der Waals surface area contributed by atoms with Crippen LogP contribution in [-0.4, -0.2) is 40.0 Å². The number of aryl methyl sites for hydroxylation is 1. The second-order valence-corrected chi connectivity index (χ2v) is 9.14. The third kappa shape index (κ3) is 5.77. The van der Waals surface area contributed by atoms with E-state index in [1.165, 1.54) is 0 Å². The van der Waals surface area contributed by atoms with E-state index in [4.69, 9.17) is 4.74 Å². The first-order chi connectivity index (χ1) is 17.0. The summed E-state index contributed by atoms with van der Waals surface area (Å²) in [4.78, 5) is 14.4. The number of benzene rings is 3. The van der Waals surface area contributed by atoms with Crippen molar-refractivity contribution in [2.75, 3.05) is 11.5 Å². The number of para-hydroxylation sites is 1. The summed E-state index contributed by atoms with van der Waals surface area (Å²) in [6.45, 7) is 2.32. The number of rotatable bonds is 10. The maximum absolute atomic E-state index is 12.3. The molecule has 35 heavy (non-hydrogen) atoms. The quantitative estimate of drug-likeness (QED) is 0.358. The van der Waals surface area contributed by atoms with Crippen LogP contribution in [0.25, 0.3) is 0 Å². The Morgan fingerprint density at radius 2 is 1.80 bits per heavy atom. The van der Waals surface area contributed by atoms with Gasteiger partial charge in [-0.3, -0.25) is 0 Å². The normalized spacial score (nSPS) is 15.6. The number of hydrogen-bond acceptors (Lipinski definition) is 6. The highest BCUT2D eigenvalue weighted by Crippen LogP contribution is 2.39. The average molecular weight is 476 g/mol. The van der Waals surface area contributed by atoms with Gasteiger partial charge in [-0.2, -0.15) is 0 Å². The van der Waals surface area contributed by atoms with Gasteiger partial charge in [-0.05, 0) is 61.1 Å². The first kappa shape index (κ1) is 24.6. The van der Waals surface area contributed by atoms with Gasteiger partial charge in [0.25, 0.3) is 0 Å². The third-order valence-electron chi connectivity index (χ3n) is 6.63. The van der Waals surface area contributed by atoms with Gasteiger partial charge in [-0.1, -0.05) is 55.8 Å². The predicted octanol–water partition coefficient (Wildman–Crippen LogP) is 4.98. The van der Waals surface area contributed by atoms with Crippen molar-refractivity contribution in [2.24, 2.45) is 0 Å². The number of phenolic OH excluding ortho intramolecular Hbond substituents is 2. The fraction of sp³-hybridized carbons (Fsp3) is 0.345. The Balaban J connectivity index is 1.49. The van der Waals surface area contributed by atoms with Crippen LogP contribution in [0.5, 0.6) is 11.5 Å². The Morgan fingerprint density at radius 1 is 1.06 bits per heavy atom. The molecule has 3 aromatic rings. The molecule has 3 aromatic carbocycles. The summed E-state index contributed by atoms with van der Waals surface area (Å²) in [6, 6.07) is 20.1. The van der Waals surface area contributed by atoms with E-state index in [0.717, 1.165) is 42.5 Å². The molecule has 0 aliphatic carbocycles. The minimum atomic E-state index is -0.845. The lowest BCUT2D eigenvalue weighted by molar-refractivity contribution is 0.0222. The van der Waals surface area contributed by atoms with Crippen molar-refractivity contribution in [2.45, 2.75) is 57.7 Å². The minimum absolute atomic E-state index is 0.0585. The van der Waals surface area contributed by atoms with Gasteiger partial charge in [0.05, 0.1) is 23.8 Å². The molecule has 6 heteroatoms. The number of carbonyl (C=O) groups is 1. The van der Waals surface area contributed by atoms with Gasteiger partial charge in [0.2, 0.25) is 0 Å². The molecule has 0 spiro atoms. The zero-order valence-electron chi connectivity index (χ0n) is 20.1. The van der Waals surface area contributed by atoms with Crippen LogP contribution in [0.4, 0.5) is 5.69 Å². The first-order valence-electron chi connectivity index (χ1n) is 12.2.